The third-order valence-electron chi connectivity index (χ3n) is 1.17. The van der Waals surface area contributed by atoms with Gasteiger partial charge < -0.3 is 0 Å². The van der Waals surface area contributed by atoms with Crippen LogP contribution in [-0.2, 0) is 0 Å². The first-order valence-electron chi connectivity index (χ1n) is 3.77. The average molecular weight is 136 g/mol. The van der Waals surface area contributed by atoms with Crippen molar-refractivity contribution in [1.29, 1.82) is 0 Å². The molecule has 0 aliphatic carbocycles. The van der Waals surface area contributed by atoms with Crippen molar-refractivity contribution < 1.29 is 0 Å². The molecular weight excluding hydrogens is 120 g/mol. The van der Waals surface area contributed by atoms with Gasteiger partial charge in [-0.15, -0.1) is 0 Å². The van der Waals surface area contributed by atoms with E-state index in [0.717, 1.165) is 6.42 Å². The molecule has 0 saturated heterocycles. The topological polar surface area (TPSA) is 0 Å². The lowest BCUT2D eigenvalue weighted by Crippen LogP contribution is -1.64. The van der Waals surface area contributed by atoms with Crippen LogP contribution >= 0.6 is 0 Å². The van der Waals surface area contributed by atoms with Gasteiger partial charge in [-0.05, 0) is 20.3 Å². The molecule has 0 aromatic carbocycles. The molecular formula is C10H16. The molecule has 0 heteroatoms. The summed E-state index contributed by atoms with van der Waals surface area (Å²) in [5, 5.41) is 0. The van der Waals surface area contributed by atoms with Crippen molar-refractivity contribution in [2.45, 2.75) is 27.2 Å². The minimum Gasteiger partial charge on any atom is -0.0877 e. The number of hydrogen-bond donors (Lipinski definition) is 0. The van der Waals surface area contributed by atoms with E-state index in [-0.39, 0.29) is 0 Å². The molecule has 0 bridgehead atoms. The summed E-state index contributed by atoms with van der Waals surface area (Å²) < 4.78 is 0. The van der Waals surface area contributed by atoms with E-state index in [1.807, 2.05) is 13.0 Å². The summed E-state index contributed by atoms with van der Waals surface area (Å²) in [5.74, 6) is 0. The summed E-state index contributed by atoms with van der Waals surface area (Å²) in [6, 6.07) is 0. The van der Waals surface area contributed by atoms with Crippen molar-refractivity contribution in [2.24, 2.45) is 0 Å². The molecule has 0 heterocycles. The van der Waals surface area contributed by atoms with Gasteiger partial charge in [0.1, 0.15) is 0 Å². The van der Waals surface area contributed by atoms with Gasteiger partial charge in [-0.3, -0.25) is 0 Å². The standard InChI is InChI=1S/C10H16/c1-4-6-8-10(3)9-7-5-2/h4,6-9H,5H2,1-3H3/b6-4-,9-7+,10-8-. The van der Waals surface area contributed by atoms with E-state index >= 15 is 0 Å². The van der Waals surface area contributed by atoms with Crippen LogP contribution in [0.2, 0.25) is 0 Å². The van der Waals surface area contributed by atoms with Crippen LogP contribution in [0.3, 0.4) is 0 Å². The first kappa shape index (κ1) is 9.22. The predicted molar refractivity (Wildman–Crippen MR) is 48.0 cm³/mol. The highest BCUT2D eigenvalue weighted by Crippen LogP contribution is 1.95. The summed E-state index contributed by atoms with van der Waals surface area (Å²) in [6.07, 6.45) is 11.6. The smallest absolute Gasteiger partial charge is 0.0376 e. The maximum absolute atomic E-state index is 2.16. The lowest BCUT2D eigenvalue weighted by Gasteiger charge is -1.85. The minimum atomic E-state index is 1.11. The largest absolute Gasteiger partial charge is 0.0877 e. The molecule has 0 N–H and O–H groups in total. The van der Waals surface area contributed by atoms with E-state index in [4.69, 9.17) is 0 Å². The SMILES string of the molecule is C\C=C/C=C(C)\C=C\CC. The lowest BCUT2D eigenvalue weighted by molar-refractivity contribution is 1.22. The molecule has 0 nitrogen and oxygen atoms in total. The maximum atomic E-state index is 2.16. The summed E-state index contributed by atoms with van der Waals surface area (Å²) in [4.78, 5) is 0. The number of rotatable bonds is 3. The zero-order valence-corrected chi connectivity index (χ0v) is 7.09. The Bertz CT molecular complexity index is 147. The first-order valence-corrected chi connectivity index (χ1v) is 3.77. The van der Waals surface area contributed by atoms with Crippen molar-refractivity contribution in [1.82, 2.24) is 0 Å². The van der Waals surface area contributed by atoms with Crippen molar-refractivity contribution in [3.05, 3.63) is 36.0 Å². The quantitative estimate of drug-likeness (QED) is 0.521. The van der Waals surface area contributed by atoms with Crippen LogP contribution in [0.4, 0.5) is 0 Å². The summed E-state index contributed by atoms with van der Waals surface area (Å²) in [5.41, 5.74) is 1.31. The third kappa shape index (κ3) is 5.36. The van der Waals surface area contributed by atoms with Gasteiger partial charge >= 0.3 is 0 Å². The van der Waals surface area contributed by atoms with Crippen molar-refractivity contribution in [2.75, 3.05) is 0 Å². The predicted octanol–water partition coefficient (Wildman–Crippen LogP) is 3.48. The van der Waals surface area contributed by atoms with Crippen LogP contribution in [0.15, 0.2) is 36.0 Å². The van der Waals surface area contributed by atoms with Crippen molar-refractivity contribution >= 4 is 0 Å². The average Bonchev–Trinajstić information content (AvgIpc) is 1.97. The molecule has 0 amide bonds. The molecule has 0 atom stereocenters. The van der Waals surface area contributed by atoms with Gasteiger partial charge in [0.05, 0.1) is 0 Å². The summed E-state index contributed by atoms with van der Waals surface area (Å²) in [7, 11) is 0. The molecule has 10 heavy (non-hydrogen) atoms. The molecule has 0 aromatic heterocycles. The Morgan fingerprint density at radius 1 is 1.40 bits per heavy atom. The Hall–Kier alpha value is -0.780. The first-order chi connectivity index (χ1) is 4.81. The van der Waals surface area contributed by atoms with E-state index in [1.54, 1.807) is 0 Å². The second-order valence-corrected chi connectivity index (χ2v) is 2.25. The Balaban J connectivity index is 3.81. The van der Waals surface area contributed by atoms with Gasteiger partial charge in [0.25, 0.3) is 0 Å². The third-order valence-corrected chi connectivity index (χ3v) is 1.17. The zero-order valence-electron chi connectivity index (χ0n) is 7.09. The van der Waals surface area contributed by atoms with Crippen molar-refractivity contribution in [3.63, 3.8) is 0 Å². The van der Waals surface area contributed by atoms with Crippen LogP contribution in [-0.4, -0.2) is 0 Å². The van der Waals surface area contributed by atoms with Gasteiger partial charge in [-0.25, -0.2) is 0 Å². The van der Waals surface area contributed by atoms with Gasteiger partial charge in [0, 0.05) is 0 Å². The number of allylic oxidation sites excluding steroid dienone is 6. The number of hydrogen-bond acceptors (Lipinski definition) is 0. The molecule has 0 radical (unpaired) electrons. The molecule has 0 unspecified atom stereocenters. The van der Waals surface area contributed by atoms with E-state index in [9.17, 15) is 0 Å². The Morgan fingerprint density at radius 3 is 2.60 bits per heavy atom. The Morgan fingerprint density at radius 2 is 2.10 bits per heavy atom. The van der Waals surface area contributed by atoms with Crippen LogP contribution in [0, 0.1) is 0 Å². The van der Waals surface area contributed by atoms with Crippen LogP contribution < -0.4 is 0 Å². The van der Waals surface area contributed by atoms with Crippen LogP contribution in [0.5, 0.6) is 0 Å². The fraction of sp³-hybridized carbons (Fsp3) is 0.400. The van der Waals surface area contributed by atoms with E-state index in [0.29, 0.717) is 0 Å². The highest BCUT2D eigenvalue weighted by Gasteiger charge is 1.74. The second kappa shape index (κ2) is 6.34. The molecule has 56 valence electrons. The van der Waals surface area contributed by atoms with Crippen molar-refractivity contribution in [3.8, 4) is 0 Å². The Labute approximate surface area is 64.0 Å². The van der Waals surface area contributed by atoms with Gasteiger partial charge in [-0.1, -0.05) is 42.9 Å². The highest BCUT2D eigenvalue weighted by molar-refractivity contribution is 5.20. The molecule has 0 aliphatic heterocycles. The fourth-order valence-electron chi connectivity index (χ4n) is 0.607. The van der Waals surface area contributed by atoms with Crippen LogP contribution in [0.25, 0.3) is 0 Å². The monoisotopic (exact) mass is 136 g/mol. The summed E-state index contributed by atoms with van der Waals surface area (Å²) >= 11 is 0. The van der Waals surface area contributed by atoms with Gasteiger partial charge in [0.2, 0.25) is 0 Å². The van der Waals surface area contributed by atoms with Gasteiger partial charge in [-0.2, -0.15) is 0 Å². The van der Waals surface area contributed by atoms with Crippen LogP contribution in [0.1, 0.15) is 27.2 Å². The minimum absolute atomic E-state index is 1.11. The highest BCUT2D eigenvalue weighted by atomic mass is 13.8. The molecule has 0 spiro atoms. The molecule has 0 aromatic rings. The molecule has 0 aliphatic rings. The fourth-order valence-corrected chi connectivity index (χ4v) is 0.607. The molecule has 0 saturated carbocycles. The molecule has 0 fully saturated rings. The van der Waals surface area contributed by atoms with E-state index in [2.05, 4.69) is 38.2 Å². The maximum Gasteiger partial charge on any atom is -0.0376 e. The van der Waals surface area contributed by atoms with E-state index in [1.165, 1.54) is 5.57 Å². The lowest BCUT2D eigenvalue weighted by atomic mass is 10.2. The normalized spacial score (nSPS) is 13.7. The second-order valence-electron chi connectivity index (χ2n) is 2.25. The zero-order chi connectivity index (χ0) is 7.82. The van der Waals surface area contributed by atoms with Gasteiger partial charge in [0.15, 0.2) is 0 Å². The Kier molecular flexibility index (Phi) is 5.85. The summed E-state index contributed by atoms with van der Waals surface area (Å²) in [6.45, 7) is 6.26. The van der Waals surface area contributed by atoms with E-state index < -0.39 is 0 Å². The molecule has 0 rings (SSSR count).